The van der Waals surface area contributed by atoms with E-state index in [2.05, 4.69) is 20.8 Å². The number of hydrogen-bond acceptors (Lipinski definition) is 2. The number of carbonyl (C=O) groups excluding carboxylic acids is 1. The molecule has 0 heterocycles. The number of hydrogen-bond donors (Lipinski definition) is 0. The fraction of sp³-hybridized carbons (Fsp3) is 0.562. The summed E-state index contributed by atoms with van der Waals surface area (Å²) in [6.07, 6.45) is 0. The molecule has 0 aliphatic heterocycles. The molecule has 1 unspecified atom stereocenters. The van der Waals surface area contributed by atoms with E-state index < -0.39 is 16.9 Å². The van der Waals surface area contributed by atoms with Gasteiger partial charge in [-0.1, -0.05) is 45.0 Å². The molecule has 0 bridgehead atoms. The molecule has 0 radical (unpaired) electrons. The third-order valence-corrected chi connectivity index (χ3v) is 3.09. The van der Waals surface area contributed by atoms with Crippen molar-refractivity contribution in [3.63, 3.8) is 0 Å². The molecular weight excluding hydrogens is 260 g/mol. The van der Waals surface area contributed by atoms with E-state index in [0.29, 0.717) is 0 Å². The number of carbonyl (C=O) groups is 1. The maximum absolute atomic E-state index is 12.0. The lowest BCUT2D eigenvalue weighted by Gasteiger charge is -2.23. The van der Waals surface area contributed by atoms with E-state index in [4.69, 9.17) is 16.3 Å². The molecule has 0 amide bonds. The zero-order valence-corrected chi connectivity index (χ0v) is 13.3. The molecule has 106 valence electrons. The zero-order valence-electron chi connectivity index (χ0n) is 12.6. The molecule has 1 atom stereocenters. The number of rotatable bonds is 2. The molecule has 2 nitrogen and oxygen atoms in total. The van der Waals surface area contributed by atoms with Gasteiger partial charge in [-0.15, -0.1) is 11.6 Å². The van der Waals surface area contributed by atoms with Gasteiger partial charge in [0.25, 0.3) is 0 Å². The van der Waals surface area contributed by atoms with Gasteiger partial charge >= 0.3 is 5.97 Å². The third-order valence-electron chi connectivity index (χ3n) is 2.66. The van der Waals surface area contributed by atoms with Gasteiger partial charge in [-0.2, -0.15) is 0 Å². The summed E-state index contributed by atoms with van der Waals surface area (Å²) in [6, 6.07) is 7.80. The molecule has 0 saturated carbocycles. The molecule has 1 rings (SSSR count). The highest BCUT2D eigenvalue weighted by Crippen LogP contribution is 2.29. The molecular formula is C16H23ClO2. The molecule has 19 heavy (non-hydrogen) atoms. The summed E-state index contributed by atoms with van der Waals surface area (Å²) in [5.74, 6) is -0.403. The Hall–Kier alpha value is -1.02. The second kappa shape index (κ2) is 5.54. The molecule has 1 aromatic rings. The highest BCUT2D eigenvalue weighted by atomic mass is 35.5. The Labute approximate surface area is 121 Å². The molecule has 3 heteroatoms. The fourth-order valence-corrected chi connectivity index (χ4v) is 1.83. The highest BCUT2D eigenvalue weighted by Gasteiger charge is 2.25. The smallest absolute Gasteiger partial charge is 0.329 e. The van der Waals surface area contributed by atoms with Crippen molar-refractivity contribution < 1.29 is 9.53 Å². The highest BCUT2D eigenvalue weighted by molar-refractivity contribution is 6.30. The van der Waals surface area contributed by atoms with Crippen LogP contribution in [-0.4, -0.2) is 11.6 Å². The molecule has 0 aliphatic carbocycles. The lowest BCUT2D eigenvalue weighted by Crippen LogP contribution is -2.26. The van der Waals surface area contributed by atoms with Crippen LogP contribution in [0, 0.1) is 0 Å². The standard InChI is InChI=1S/C16H23ClO2/c1-15(2,3)12-9-7-8-11(10-12)13(17)14(18)19-16(4,5)6/h7-10,13H,1-6H3. The van der Waals surface area contributed by atoms with E-state index >= 15 is 0 Å². The first-order chi connectivity index (χ1) is 8.50. The summed E-state index contributed by atoms with van der Waals surface area (Å²) in [5, 5.41) is -0.762. The van der Waals surface area contributed by atoms with Crippen LogP contribution in [0.1, 0.15) is 58.0 Å². The second-order valence-electron chi connectivity index (χ2n) is 6.77. The van der Waals surface area contributed by atoms with Gasteiger partial charge in [0.1, 0.15) is 5.60 Å². The normalized spacial score (nSPS) is 14.1. The first kappa shape index (κ1) is 16.0. The molecule has 0 N–H and O–H groups in total. The van der Waals surface area contributed by atoms with E-state index in [9.17, 15) is 4.79 Å². The number of benzene rings is 1. The minimum atomic E-state index is -0.762. The summed E-state index contributed by atoms with van der Waals surface area (Å²) in [4.78, 5) is 12.0. The Kier molecular flexibility index (Phi) is 4.67. The van der Waals surface area contributed by atoms with Crippen LogP contribution in [0.4, 0.5) is 0 Å². The summed E-state index contributed by atoms with van der Waals surface area (Å²) in [6.45, 7) is 11.9. The van der Waals surface area contributed by atoms with Crippen molar-refractivity contribution in [3.05, 3.63) is 35.4 Å². The van der Waals surface area contributed by atoms with Gasteiger partial charge in [-0.3, -0.25) is 4.79 Å². The zero-order chi connectivity index (χ0) is 14.8. The van der Waals surface area contributed by atoms with Crippen LogP contribution in [-0.2, 0) is 14.9 Å². The maximum Gasteiger partial charge on any atom is 0.329 e. The van der Waals surface area contributed by atoms with Crippen LogP contribution >= 0.6 is 11.6 Å². The Bertz CT molecular complexity index is 453. The Morgan fingerprint density at radius 3 is 2.21 bits per heavy atom. The van der Waals surface area contributed by atoms with Gasteiger partial charge in [-0.05, 0) is 37.3 Å². The van der Waals surface area contributed by atoms with E-state index in [-0.39, 0.29) is 5.41 Å². The minimum Gasteiger partial charge on any atom is -0.459 e. The Morgan fingerprint density at radius 1 is 1.16 bits per heavy atom. The second-order valence-corrected chi connectivity index (χ2v) is 7.21. The van der Waals surface area contributed by atoms with Crippen molar-refractivity contribution in [1.82, 2.24) is 0 Å². The first-order valence-electron chi connectivity index (χ1n) is 6.48. The van der Waals surface area contributed by atoms with Gasteiger partial charge < -0.3 is 4.74 Å². The van der Waals surface area contributed by atoms with Crippen molar-refractivity contribution in [1.29, 1.82) is 0 Å². The molecule has 0 spiro atoms. The van der Waals surface area contributed by atoms with E-state index in [1.807, 2.05) is 45.0 Å². The van der Waals surface area contributed by atoms with Crippen LogP contribution in [0.3, 0.4) is 0 Å². The van der Waals surface area contributed by atoms with Crippen molar-refractivity contribution >= 4 is 17.6 Å². The molecule has 0 fully saturated rings. The summed E-state index contributed by atoms with van der Waals surface area (Å²) in [7, 11) is 0. The largest absolute Gasteiger partial charge is 0.459 e. The van der Waals surface area contributed by atoms with Gasteiger partial charge in [0, 0.05) is 0 Å². The quantitative estimate of drug-likeness (QED) is 0.585. The molecule has 0 aromatic heterocycles. The summed E-state index contributed by atoms with van der Waals surface area (Å²) in [5.41, 5.74) is 1.44. The first-order valence-corrected chi connectivity index (χ1v) is 6.92. The van der Waals surface area contributed by atoms with Crippen molar-refractivity contribution in [2.75, 3.05) is 0 Å². The average Bonchev–Trinajstić information content (AvgIpc) is 2.24. The lowest BCUT2D eigenvalue weighted by molar-refractivity contribution is -0.154. The van der Waals surface area contributed by atoms with E-state index in [0.717, 1.165) is 11.1 Å². The predicted octanol–water partition coefficient (Wildman–Crippen LogP) is 4.61. The molecule has 0 aliphatic rings. The topological polar surface area (TPSA) is 26.3 Å². The number of ether oxygens (including phenoxy) is 1. The number of esters is 1. The Balaban J connectivity index is 2.95. The maximum atomic E-state index is 12.0. The van der Waals surface area contributed by atoms with Gasteiger partial charge in [0.2, 0.25) is 0 Å². The van der Waals surface area contributed by atoms with Crippen LogP contribution in [0.25, 0.3) is 0 Å². The van der Waals surface area contributed by atoms with Crippen LogP contribution in [0.5, 0.6) is 0 Å². The van der Waals surface area contributed by atoms with Crippen LogP contribution in [0.15, 0.2) is 24.3 Å². The van der Waals surface area contributed by atoms with Crippen molar-refractivity contribution in [2.24, 2.45) is 0 Å². The summed E-state index contributed by atoms with van der Waals surface area (Å²) < 4.78 is 5.31. The predicted molar refractivity (Wildman–Crippen MR) is 79.6 cm³/mol. The van der Waals surface area contributed by atoms with Gasteiger partial charge in [0.05, 0.1) is 0 Å². The fourth-order valence-electron chi connectivity index (χ4n) is 1.65. The number of halogens is 1. The lowest BCUT2D eigenvalue weighted by atomic mass is 9.86. The Morgan fingerprint density at radius 2 is 1.74 bits per heavy atom. The number of alkyl halides is 1. The third kappa shape index (κ3) is 4.87. The average molecular weight is 283 g/mol. The molecule has 0 saturated heterocycles. The van der Waals surface area contributed by atoms with Crippen LogP contribution in [0.2, 0.25) is 0 Å². The molecule has 1 aromatic carbocycles. The van der Waals surface area contributed by atoms with E-state index in [1.54, 1.807) is 0 Å². The van der Waals surface area contributed by atoms with Gasteiger partial charge in [0.15, 0.2) is 5.38 Å². The summed E-state index contributed by atoms with van der Waals surface area (Å²) >= 11 is 6.21. The monoisotopic (exact) mass is 282 g/mol. The van der Waals surface area contributed by atoms with Gasteiger partial charge in [-0.25, -0.2) is 0 Å². The SMILES string of the molecule is CC(C)(C)OC(=O)C(Cl)c1cccc(C(C)(C)C)c1. The van der Waals surface area contributed by atoms with Crippen LogP contribution < -0.4 is 0 Å². The van der Waals surface area contributed by atoms with E-state index in [1.165, 1.54) is 0 Å². The minimum absolute atomic E-state index is 0.0283. The van der Waals surface area contributed by atoms with Crippen molar-refractivity contribution in [3.8, 4) is 0 Å². The van der Waals surface area contributed by atoms with Crippen molar-refractivity contribution in [2.45, 2.75) is 57.9 Å².